The van der Waals surface area contributed by atoms with E-state index in [2.05, 4.69) is 15.0 Å². The second-order valence-electron chi connectivity index (χ2n) is 7.24. The van der Waals surface area contributed by atoms with Crippen LogP contribution in [0, 0.1) is 19.8 Å². The fourth-order valence-corrected chi connectivity index (χ4v) is 4.36. The van der Waals surface area contributed by atoms with Crippen molar-refractivity contribution in [1.82, 2.24) is 15.0 Å². The first-order chi connectivity index (χ1) is 11.1. The maximum absolute atomic E-state index is 12.7. The van der Waals surface area contributed by atoms with Crippen molar-refractivity contribution >= 4 is 5.91 Å². The van der Waals surface area contributed by atoms with Gasteiger partial charge in [0.2, 0.25) is 0 Å². The van der Waals surface area contributed by atoms with Gasteiger partial charge in [0.1, 0.15) is 11.9 Å². The van der Waals surface area contributed by atoms with Crippen molar-refractivity contribution in [2.45, 2.75) is 51.8 Å². The van der Waals surface area contributed by atoms with Gasteiger partial charge in [-0.15, -0.1) is 0 Å². The molecule has 23 heavy (non-hydrogen) atoms. The molecule has 1 aromatic rings. The molecule has 3 saturated heterocycles. The molecule has 0 N–H and O–H groups in total. The number of hydrogen-bond acceptors (Lipinski definition) is 5. The second kappa shape index (κ2) is 5.91. The highest BCUT2D eigenvalue weighted by Crippen LogP contribution is 2.32. The fourth-order valence-electron chi connectivity index (χ4n) is 4.36. The van der Waals surface area contributed by atoms with E-state index in [4.69, 9.17) is 9.26 Å². The van der Waals surface area contributed by atoms with E-state index in [1.54, 1.807) is 0 Å². The molecule has 4 heterocycles. The Hall–Kier alpha value is -1.40. The summed E-state index contributed by atoms with van der Waals surface area (Å²) in [4.78, 5) is 17.2. The molecule has 0 saturated carbocycles. The average Bonchev–Trinajstić information content (AvgIpc) is 3.23. The average molecular weight is 319 g/mol. The maximum Gasteiger partial charge on any atom is 0.252 e. The summed E-state index contributed by atoms with van der Waals surface area (Å²) in [5, 5.41) is 4.05. The SMILES string of the molecule is Cc1noc(C)c1CN1CC2CC(C1)N(C(=O)[C@H]1CCCO1)C2. The first-order valence-electron chi connectivity index (χ1n) is 8.68. The number of carbonyl (C=O) groups excluding carboxylic acids is 1. The summed E-state index contributed by atoms with van der Waals surface area (Å²) in [6.07, 6.45) is 2.84. The number of carbonyl (C=O) groups is 1. The number of ether oxygens (including phenoxy) is 1. The van der Waals surface area contributed by atoms with Crippen LogP contribution in [0.2, 0.25) is 0 Å². The molecular formula is C17H25N3O3. The minimum atomic E-state index is -0.189. The van der Waals surface area contributed by atoms with Crippen LogP contribution in [0.3, 0.4) is 0 Å². The highest BCUT2D eigenvalue weighted by atomic mass is 16.5. The van der Waals surface area contributed by atoms with E-state index < -0.39 is 0 Å². The van der Waals surface area contributed by atoms with Crippen LogP contribution < -0.4 is 0 Å². The van der Waals surface area contributed by atoms with Gasteiger partial charge in [-0.1, -0.05) is 5.16 Å². The van der Waals surface area contributed by atoms with Gasteiger partial charge in [-0.25, -0.2) is 0 Å². The van der Waals surface area contributed by atoms with Crippen LogP contribution >= 0.6 is 0 Å². The molecule has 1 aromatic heterocycles. The zero-order valence-corrected chi connectivity index (χ0v) is 14.0. The third-order valence-corrected chi connectivity index (χ3v) is 5.54. The quantitative estimate of drug-likeness (QED) is 0.845. The molecule has 2 bridgehead atoms. The van der Waals surface area contributed by atoms with E-state index in [-0.39, 0.29) is 12.0 Å². The highest BCUT2D eigenvalue weighted by molar-refractivity contribution is 5.81. The number of amides is 1. The van der Waals surface area contributed by atoms with Crippen molar-refractivity contribution in [3.63, 3.8) is 0 Å². The van der Waals surface area contributed by atoms with Crippen LogP contribution in [0.5, 0.6) is 0 Å². The molecule has 1 amide bonds. The number of aromatic nitrogens is 1. The van der Waals surface area contributed by atoms with Crippen LogP contribution in [0.15, 0.2) is 4.52 Å². The molecule has 0 radical (unpaired) electrons. The maximum atomic E-state index is 12.7. The normalized spacial score (nSPS) is 31.0. The summed E-state index contributed by atoms with van der Waals surface area (Å²) in [5.41, 5.74) is 2.18. The Morgan fingerprint density at radius 1 is 1.30 bits per heavy atom. The van der Waals surface area contributed by atoms with E-state index >= 15 is 0 Å². The van der Waals surface area contributed by atoms with Crippen LogP contribution in [0.25, 0.3) is 0 Å². The summed E-state index contributed by atoms with van der Waals surface area (Å²) >= 11 is 0. The second-order valence-corrected chi connectivity index (χ2v) is 7.24. The fraction of sp³-hybridized carbons (Fsp3) is 0.765. The summed E-state index contributed by atoms with van der Waals surface area (Å²) in [7, 11) is 0. The van der Waals surface area contributed by atoms with Gasteiger partial charge in [0.05, 0.1) is 5.69 Å². The molecule has 4 rings (SSSR count). The zero-order chi connectivity index (χ0) is 16.0. The number of rotatable bonds is 3. The Morgan fingerprint density at radius 3 is 2.87 bits per heavy atom. The smallest absolute Gasteiger partial charge is 0.252 e. The van der Waals surface area contributed by atoms with E-state index in [1.807, 2.05) is 13.8 Å². The molecule has 0 aromatic carbocycles. The third kappa shape index (κ3) is 2.78. The summed E-state index contributed by atoms with van der Waals surface area (Å²) < 4.78 is 10.9. The monoisotopic (exact) mass is 319 g/mol. The van der Waals surface area contributed by atoms with Crippen LogP contribution in [-0.2, 0) is 16.1 Å². The molecule has 6 nitrogen and oxygen atoms in total. The molecule has 6 heteroatoms. The number of aryl methyl sites for hydroxylation is 2. The Bertz CT molecular complexity index is 574. The van der Waals surface area contributed by atoms with Crippen molar-refractivity contribution in [3.8, 4) is 0 Å². The van der Waals surface area contributed by atoms with Crippen LogP contribution in [-0.4, -0.2) is 59.3 Å². The van der Waals surface area contributed by atoms with Crippen molar-refractivity contribution < 1.29 is 14.1 Å². The molecule has 3 aliphatic heterocycles. The van der Waals surface area contributed by atoms with Crippen LogP contribution in [0.4, 0.5) is 0 Å². The number of piperidine rings is 1. The Kier molecular flexibility index (Phi) is 3.89. The molecule has 3 aliphatic rings. The number of fused-ring (bicyclic) bond motifs is 2. The number of likely N-dealkylation sites (tertiary alicyclic amines) is 2. The van der Waals surface area contributed by atoms with E-state index in [1.165, 1.54) is 5.56 Å². The predicted molar refractivity (Wildman–Crippen MR) is 83.8 cm³/mol. The van der Waals surface area contributed by atoms with E-state index in [0.29, 0.717) is 12.0 Å². The first kappa shape index (κ1) is 15.1. The summed E-state index contributed by atoms with van der Waals surface area (Å²) in [6.45, 7) is 8.46. The van der Waals surface area contributed by atoms with Crippen LogP contribution in [0.1, 0.15) is 36.3 Å². The van der Waals surface area contributed by atoms with Gasteiger partial charge in [-0.3, -0.25) is 9.69 Å². The van der Waals surface area contributed by atoms with Crippen molar-refractivity contribution in [2.75, 3.05) is 26.2 Å². The minimum Gasteiger partial charge on any atom is -0.368 e. The van der Waals surface area contributed by atoms with E-state index in [0.717, 1.165) is 63.5 Å². The lowest BCUT2D eigenvalue weighted by Crippen LogP contribution is -2.46. The third-order valence-electron chi connectivity index (χ3n) is 5.54. The van der Waals surface area contributed by atoms with Gasteiger partial charge in [0, 0.05) is 44.4 Å². The molecular weight excluding hydrogens is 294 g/mol. The van der Waals surface area contributed by atoms with Gasteiger partial charge in [0.25, 0.3) is 5.91 Å². The standard InChI is InChI=1S/C17H25N3O3/c1-11-15(12(2)23-18-11)10-19-7-13-6-14(9-19)20(8-13)17(21)16-4-3-5-22-16/h13-14,16H,3-10H2,1-2H3/t13?,14?,16-/m1/s1. The molecule has 3 fully saturated rings. The zero-order valence-electron chi connectivity index (χ0n) is 14.0. The van der Waals surface area contributed by atoms with Crippen molar-refractivity contribution in [3.05, 3.63) is 17.0 Å². The minimum absolute atomic E-state index is 0.189. The summed E-state index contributed by atoms with van der Waals surface area (Å²) in [5.74, 6) is 1.71. The topological polar surface area (TPSA) is 58.8 Å². The lowest BCUT2D eigenvalue weighted by Gasteiger charge is -2.33. The van der Waals surface area contributed by atoms with Gasteiger partial charge in [-0.05, 0) is 39.0 Å². The summed E-state index contributed by atoms with van der Waals surface area (Å²) in [6, 6.07) is 0.339. The lowest BCUT2D eigenvalue weighted by molar-refractivity contribution is -0.141. The molecule has 0 aliphatic carbocycles. The van der Waals surface area contributed by atoms with E-state index in [9.17, 15) is 4.79 Å². The highest BCUT2D eigenvalue weighted by Gasteiger charge is 2.43. The molecule has 3 atom stereocenters. The van der Waals surface area contributed by atoms with Crippen molar-refractivity contribution in [1.29, 1.82) is 0 Å². The van der Waals surface area contributed by atoms with Gasteiger partial charge < -0.3 is 14.2 Å². The molecule has 2 unspecified atom stereocenters. The molecule has 0 spiro atoms. The predicted octanol–water partition coefficient (Wildman–Crippen LogP) is 1.50. The Balaban J connectivity index is 1.43. The largest absolute Gasteiger partial charge is 0.368 e. The molecule has 126 valence electrons. The van der Waals surface area contributed by atoms with Gasteiger partial charge in [-0.2, -0.15) is 0 Å². The number of nitrogens with zero attached hydrogens (tertiary/aromatic N) is 3. The number of hydrogen-bond donors (Lipinski definition) is 0. The van der Waals surface area contributed by atoms with Gasteiger partial charge in [0.15, 0.2) is 0 Å². The lowest BCUT2D eigenvalue weighted by atomic mass is 9.99. The van der Waals surface area contributed by atoms with Gasteiger partial charge >= 0.3 is 0 Å². The Labute approximate surface area is 136 Å². The Morgan fingerprint density at radius 2 is 2.17 bits per heavy atom. The van der Waals surface area contributed by atoms with Crippen molar-refractivity contribution in [2.24, 2.45) is 5.92 Å². The first-order valence-corrected chi connectivity index (χ1v) is 8.68.